The summed E-state index contributed by atoms with van der Waals surface area (Å²) in [5.74, 6) is -0.167. The summed E-state index contributed by atoms with van der Waals surface area (Å²) in [6.07, 6.45) is 1.96. The van der Waals surface area contributed by atoms with E-state index in [2.05, 4.69) is 22.6 Å². The summed E-state index contributed by atoms with van der Waals surface area (Å²) in [7, 11) is 0. The molecule has 1 aromatic carbocycles. The maximum absolute atomic E-state index is 11.6. The van der Waals surface area contributed by atoms with Crippen molar-refractivity contribution in [3.63, 3.8) is 0 Å². The maximum atomic E-state index is 11.6. The van der Waals surface area contributed by atoms with Crippen molar-refractivity contribution in [3.05, 3.63) is 35.4 Å². The van der Waals surface area contributed by atoms with Gasteiger partial charge in [0.15, 0.2) is 0 Å². The molecular formula is C11H11IO2. The fraction of sp³-hybridized carbons (Fsp3) is 0.364. The maximum Gasteiger partial charge on any atom is 0.338 e. The monoisotopic (exact) mass is 302 g/mol. The third kappa shape index (κ3) is 1.92. The number of cyclic esters (lactones) is 1. The number of esters is 1. The van der Waals surface area contributed by atoms with E-state index in [1.54, 1.807) is 0 Å². The molecule has 1 atom stereocenters. The van der Waals surface area contributed by atoms with Crippen LogP contribution in [-0.2, 0) is 11.2 Å². The van der Waals surface area contributed by atoms with Crippen molar-refractivity contribution < 1.29 is 9.53 Å². The van der Waals surface area contributed by atoms with Crippen LogP contribution in [0, 0.1) is 0 Å². The van der Waals surface area contributed by atoms with Crippen LogP contribution in [0.2, 0.25) is 0 Å². The lowest BCUT2D eigenvalue weighted by atomic mass is 10.0. The number of hydrogen-bond acceptors (Lipinski definition) is 2. The number of alkyl halides is 1. The summed E-state index contributed by atoms with van der Waals surface area (Å²) in [6.45, 7) is 0. The quantitative estimate of drug-likeness (QED) is 0.453. The molecule has 0 fully saturated rings. The largest absolute Gasteiger partial charge is 0.458 e. The average molecular weight is 302 g/mol. The van der Waals surface area contributed by atoms with Crippen LogP contribution < -0.4 is 0 Å². The van der Waals surface area contributed by atoms with E-state index < -0.39 is 0 Å². The van der Waals surface area contributed by atoms with Gasteiger partial charge in [-0.05, 0) is 24.5 Å². The van der Waals surface area contributed by atoms with Crippen molar-refractivity contribution in [3.8, 4) is 0 Å². The van der Waals surface area contributed by atoms with E-state index in [-0.39, 0.29) is 12.1 Å². The molecule has 2 nitrogen and oxygen atoms in total. The molecular weight excluding hydrogens is 291 g/mol. The van der Waals surface area contributed by atoms with E-state index in [4.69, 9.17) is 4.74 Å². The van der Waals surface area contributed by atoms with Crippen molar-refractivity contribution in [2.45, 2.75) is 18.9 Å². The zero-order valence-electron chi connectivity index (χ0n) is 7.70. The topological polar surface area (TPSA) is 26.3 Å². The second-order valence-electron chi connectivity index (χ2n) is 3.38. The molecule has 0 bridgehead atoms. The predicted octanol–water partition coefficient (Wildman–Crippen LogP) is 2.59. The summed E-state index contributed by atoms with van der Waals surface area (Å²) < 4.78 is 6.21. The van der Waals surface area contributed by atoms with Gasteiger partial charge < -0.3 is 4.74 Å². The van der Waals surface area contributed by atoms with Crippen LogP contribution in [0.1, 0.15) is 22.3 Å². The van der Waals surface area contributed by atoms with Crippen LogP contribution in [0.3, 0.4) is 0 Å². The van der Waals surface area contributed by atoms with Gasteiger partial charge in [-0.1, -0.05) is 40.8 Å². The summed E-state index contributed by atoms with van der Waals surface area (Å²) in [5.41, 5.74) is 1.85. The van der Waals surface area contributed by atoms with Crippen LogP contribution in [0.15, 0.2) is 24.3 Å². The lowest BCUT2D eigenvalue weighted by Crippen LogP contribution is -2.17. The van der Waals surface area contributed by atoms with Crippen LogP contribution in [0.4, 0.5) is 0 Å². The molecule has 0 aliphatic carbocycles. The van der Waals surface area contributed by atoms with Crippen molar-refractivity contribution in [2.75, 3.05) is 4.43 Å². The van der Waals surface area contributed by atoms with Gasteiger partial charge in [0.2, 0.25) is 0 Å². The third-order valence-corrected chi connectivity index (χ3v) is 3.40. The first-order valence-corrected chi connectivity index (χ1v) is 6.18. The van der Waals surface area contributed by atoms with Gasteiger partial charge in [-0.15, -0.1) is 0 Å². The Bertz CT molecular complexity index is 349. The number of ether oxygens (including phenoxy) is 1. The van der Waals surface area contributed by atoms with Crippen LogP contribution in [0.5, 0.6) is 0 Å². The summed E-state index contributed by atoms with van der Waals surface area (Å²) in [6, 6.07) is 7.69. The Morgan fingerprint density at radius 1 is 1.43 bits per heavy atom. The van der Waals surface area contributed by atoms with Gasteiger partial charge in [0.1, 0.15) is 6.10 Å². The van der Waals surface area contributed by atoms with E-state index in [1.165, 1.54) is 0 Å². The molecule has 2 rings (SSSR count). The van der Waals surface area contributed by atoms with Gasteiger partial charge in [-0.25, -0.2) is 4.79 Å². The molecule has 0 N–H and O–H groups in total. The Labute approximate surface area is 96.8 Å². The SMILES string of the molecule is O=C1OC(CI)CCc2ccccc21. The van der Waals surface area contributed by atoms with Gasteiger partial charge in [-0.3, -0.25) is 0 Å². The molecule has 0 spiro atoms. The fourth-order valence-electron chi connectivity index (χ4n) is 1.64. The van der Waals surface area contributed by atoms with Crippen molar-refractivity contribution >= 4 is 28.6 Å². The van der Waals surface area contributed by atoms with E-state index in [0.717, 1.165) is 28.4 Å². The van der Waals surface area contributed by atoms with Gasteiger partial charge in [0, 0.05) is 4.43 Å². The number of halogens is 1. The number of fused-ring (bicyclic) bond motifs is 1. The van der Waals surface area contributed by atoms with Crippen LogP contribution >= 0.6 is 22.6 Å². The predicted molar refractivity (Wildman–Crippen MR) is 62.9 cm³/mol. The van der Waals surface area contributed by atoms with Crippen molar-refractivity contribution in [1.29, 1.82) is 0 Å². The molecule has 74 valence electrons. The smallest absolute Gasteiger partial charge is 0.338 e. The Kier molecular flexibility index (Phi) is 3.05. The summed E-state index contributed by atoms with van der Waals surface area (Å²) >= 11 is 2.26. The molecule has 1 unspecified atom stereocenters. The third-order valence-electron chi connectivity index (χ3n) is 2.42. The van der Waals surface area contributed by atoms with E-state index in [9.17, 15) is 4.79 Å². The number of aryl methyl sites for hydroxylation is 1. The minimum absolute atomic E-state index is 0.0792. The highest BCUT2D eigenvalue weighted by molar-refractivity contribution is 14.1. The van der Waals surface area contributed by atoms with E-state index in [0.29, 0.717) is 0 Å². The minimum atomic E-state index is -0.167. The molecule has 1 aliphatic rings. The standard InChI is InChI=1S/C11H11IO2/c12-7-9-6-5-8-3-1-2-4-10(8)11(13)14-9/h1-4,9H,5-7H2. The van der Waals surface area contributed by atoms with Crippen LogP contribution in [-0.4, -0.2) is 16.5 Å². The number of hydrogen-bond donors (Lipinski definition) is 0. The van der Waals surface area contributed by atoms with Crippen molar-refractivity contribution in [1.82, 2.24) is 0 Å². The summed E-state index contributed by atoms with van der Waals surface area (Å²) in [4.78, 5) is 11.6. The average Bonchev–Trinajstić information content (AvgIpc) is 2.39. The highest BCUT2D eigenvalue weighted by Gasteiger charge is 2.21. The molecule has 0 aromatic heterocycles. The Balaban J connectivity index is 2.31. The highest BCUT2D eigenvalue weighted by atomic mass is 127. The second-order valence-corrected chi connectivity index (χ2v) is 4.26. The Morgan fingerprint density at radius 3 is 3.00 bits per heavy atom. The molecule has 1 aliphatic heterocycles. The van der Waals surface area contributed by atoms with Gasteiger partial charge in [0.25, 0.3) is 0 Å². The second kappa shape index (κ2) is 4.29. The zero-order chi connectivity index (χ0) is 9.97. The fourth-order valence-corrected chi connectivity index (χ4v) is 2.26. The molecule has 0 saturated carbocycles. The van der Waals surface area contributed by atoms with Gasteiger partial charge in [0.05, 0.1) is 5.56 Å². The molecule has 0 saturated heterocycles. The molecule has 14 heavy (non-hydrogen) atoms. The minimum Gasteiger partial charge on any atom is -0.458 e. The van der Waals surface area contributed by atoms with Gasteiger partial charge in [-0.2, -0.15) is 0 Å². The Hall–Kier alpha value is -0.580. The number of rotatable bonds is 1. The first-order chi connectivity index (χ1) is 6.81. The Morgan fingerprint density at radius 2 is 2.21 bits per heavy atom. The molecule has 3 heteroatoms. The lowest BCUT2D eigenvalue weighted by Gasteiger charge is -2.10. The normalized spacial score (nSPS) is 20.9. The van der Waals surface area contributed by atoms with E-state index in [1.807, 2.05) is 24.3 Å². The number of carbonyl (C=O) groups is 1. The van der Waals surface area contributed by atoms with Crippen molar-refractivity contribution in [2.24, 2.45) is 0 Å². The summed E-state index contributed by atoms with van der Waals surface area (Å²) in [5, 5.41) is 0. The first-order valence-electron chi connectivity index (χ1n) is 4.66. The van der Waals surface area contributed by atoms with Crippen LogP contribution in [0.25, 0.3) is 0 Å². The highest BCUT2D eigenvalue weighted by Crippen LogP contribution is 2.20. The molecule has 0 amide bonds. The zero-order valence-corrected chi connectivity index (χ0v) is 9.86. The molecule has 1 heterocycles. The molecule has 1 aromatic rings. The van der Waals surface area contributed by atoms with E-state index >= 15 is 0 Å². The number of carbonyl (C=O) groups excluding carboxylic acids is 1. The molecule has 0 radical (unpaired) electrons. The number of benzene rings is 1. The lowest BCUT2D eigenvalue weighted by molar-refractivity contribution is 0.0359. The van der Waals surface area contributed by atoms with Gasteiger partial charge >= 0.3 is 5.97 Å². The first kappa shape index (κ1) is 9.96.